The van der Waals surface area contributed by atoms with Crippen LogP contribution in [0, 0.1) is 17.7 Å². The molecule has 2 bridgehead atoms. The van der Waals surface area contributed by atoms with Crippen molar-refractivity contribution in [3.8, 4) is 0 Å². The lowest BCUT2D eigenvalue weighted by molar-refractivity contribution is 0.300. The maximum atomic E-state index is 13.5. The molecule has 1 nitrogen and oxygen atoms in total. The van der Waals surface area contributed by atoms with Gasteiger partial charge in [-0.3, -0.25) is 0 Å². The molecular formula is C19H22FNS. The molecule has 1 aromatic heterocycles. The number of fused-ring (bicyclic) bond motifs is 3. The van der Waals surface area contributed by atoms with Crippen LogP contribution in [-0.4, -0.2) is 25.5 Å². The maximum absolute atomic E-state index is 13.5. The summed E-state index contributed by atoms with van der Waals surface area (Å²) in [4.78, 5) is 2.30. The first kappa shape index (κ1) is 14.4. The van der Waals surface area contributed by atoms with Crippen molar-refractivity contribution < 1.29 is 4.39 Å². The highest BCUT2D eigenvalue weighted by Gasteiger charge is 2.36. The van der Waals surface area contributed by atoms with Crippen molar-refractivity contribution in [1.29, 1.82) is 0 Å². The number of thiophene rings is 1. The van der Waals surface area contributed by atoms with Gasteiger partial charge in [0.05, 0.1) is 0 Å². The Balaban J connectivity index is 1.89. The smallest absolute Gasteiger partial charge is 0.124 e. The Hall–Kier alpha value is -1.19. The minimum atomic E-state index is -0.131. The SMILES string of the molecule is CN(C)CC1=C(c2csc3cc(F)ccc23)C2CCC1CC2. The zero-order chi connectivity index (χ0) is 15.3. The fourth-order valence-corrected chi connectivity index (χ4v) is 5.36. The Kier molecular flexibility index (Phi) is 3.58. The molecular weight excluding hydrogens is 293 g/mol. The zero-order valence-corrected chi connectivity index (χ0v) is 14.0. The van der Waals surface area contributed by atoms with Crippen LogP contribution in [0.5, 0.6) is 0 Å². The molecule has 0 spiro atoms. The highest BCUT2D eigenvalue weighted by Crippen LogP contribution is 2.51. The van der Waals surface area contributed by atoms with Gasteiger partial charge in [0.2, 0.25) is 0 Å². The summed E-state index contributed by atoms with van der Waals surface area (Å²) in [5.74, 6) is 1.34. The van der Waals surface area contributed by atoms with Crippen LogP contribution in [-0.2, 0) is 0 Å². The number of allylic oxidation sites excluding steroid dienone is 1. The quantitative estimate of drug-likeness (QED) is 0.755. The second-order valence-electron chi connectivity index (χ2n) is 7.02. The molecule has 0 N–H and O–H groups in total. The first-order valence-corrected chi connectivity index (χ1v) is 9.06. The minimum absolute atomic E-state index is 0.131. The van der Waals surface area contributed by atoms with E-state index in [9.17, 15) is 4.39 Å². The summed E-state index contributed by atoms with van der Waals surface area (Å²) < 4.78 is 14.6. The highest BCUT2D eigenvalue weighted by atomic mass is 32.1. The third kappa shape index (κ3) is 2.31. The number of hydrogen-bond acceptors (Lipinski definition) is 2. The zero-order valence-electron chi connectivity index (χ0n) is 13.2. The van der Waals surface area contributed by atoms with E-state index in [0.29, 0.717) is 5.92 Å². The van der Waals surface area contributed by atoms with Crippen molar-refractivity contribution in [1.82, 2.24) is 4.90 Å². The molecule has 0 saturated heterocycles. The van der Waals surface area contributed by atoms with E-state index in [1.807, 2.05) is 6.07 Å². The van der Waals surface area contributed by atoms with Crippen molar-refractivity contribution in [2.75, 3.05) is 20.6 Å². The number of nitrogens with zero attached hydrogens (tertiary/aromatic N) is 1. The summed E-state index contributed by atoms with van der Waals surface area (Å²) >= 11 is 1.68. The first-order valence-electron chi connectivity index (χ1n) is 8.18. The van der Waals surface area contributed by atoms with Gasteiger partial charge in [0.15, 0.2) is 0 Å². The highest BCUT2D eigenvalue weighted by molar-refractivity contribution is 7.17. The monoisotopic (exact) mass is 315 g/mol. The van der Waals surface area contributed by atoms with Gasteiger partial charge in [-0.25, -0.2) is 4.39 Å². The number of likely N-dealkylation sites (N-methyl/N-ethyl adjacent to an activating group) is 1. The lowest BCUT2D eigenvalue weighted by atomic mass is 9.65. The van der Waals surface area contributed by atoms with Crippen LogP contribution in [0.15, 0.2) is 29.2 Å². The molecule has 1 aromatic carbocycles. The Morgan fingerprint density at radius 2 is 1.86 bits per heavy atom. The molecule has 3 aliphatic rings. The number of halogens is 1. The third-order valence-corrected chi connectivity index (χ3v) is 6.23. The summed E-state index contributed by atoms with van der Waals surface area (Å²) in [6.45, 7) is 1.06. The topological polar surface area (TPSA) is 3.24 Å². The van der Waals surface area contributed by atoms with Gasteiger partial charge >= 0.3 is 0 Å². The molecule has 1 saturated carbocycles. The van der Waals surface area contributed by atoms with Crippen LogP contribution < -0.4 is 0 Å². The van der Waals surface area contributed by atoms with E-state index in [-0.39, 0.29) is 5.82 Å². The Morgan fingerprint density at radius 1 is 1.14 bits per heavy atom. The van der Waals surface area contributed by atoms with E-state index in [1.54, 1.807) is 34.6 Å². The molecule has 0 aliphatic heterocycles. The second-order valence-corrected chi connectivity index (χ2v) is 7.93. The second kappa shape index (κ2) is 5.47. The van der Waals surface area contributed by atoms with Crippen molar-refractivity contribution >= 4 is 27.0 Å². The van der Waals surface area contributed by atoms with Crippen molar-refractivity contribution in [2.24, 2.45) is 11.8 Å². The molecule has 1 heterocycles. The normalized spacial score (nSPS) is 24.7. The Morgan fingerprint density at radius 3 is 2.59 bits per heavy atom. The van der Waals surface area contributed by atoms with E-state index in [4.69, 9.17) is 0 Å². The summed E-state index contributed by atoms with van der Waals surface area (Å²) in [5.41, 5.74) is 4.62. The fraction of sp³-hybridized carbons (Fsp3) is 0.474. The lowest BCUT2D eigenvalue weighted by Gasteiger charge is -2.41. The average molecular weight is 315 g/mol. The van der Waals surface area contributed by atoms with E-state index < -0.39 is 0 Å². The molecule has 116 valence electrons. The van der Waals surface area contributed by atoms with E-state index in [2.05, 4.69) is 24.4 Å². The van der Waals surface area contributed by atoms with Crippen LogP contribution in [0.4, 0.5) is 4.39 Å². The summed E-state index contributed by atoms with van der Waals surface area (Å²) in [5, 5.41) is 3.50. The molecule has 2 aromatic rings. The molecule has 1 fully saturated rings. The predicted octanol–water partition coefficient (Wildman–Crippen LogP) is 5.18. The van der Waals surface area contributed by atoms with Crippen LogP contribution in [0.1, 0.15) is 31.2 Å². The number of benzene rings is 1. The van der Waals surface area contributed by atoms with E-state index in [1.165, 1.54) is 36.6 Å². The van der Waals surface area contributed by atoms with Crippen LogP contribution >= 0.6 is 11.3 Å². The van der Waals surface area contributed by atoms with Gasteiger partial charge < -0.3 is 4.90 Å². The van der Waals surface area contributed by atoms with Crippen LogP contribution in [0.3, 0.4) is 0 Å². The largest absolute Gasteiger partial charge is 0.305 e. The molecule has 5 rings (SSSR count). The molecule has 22 heavy (non-hydrogen) atoms. The molecule has 3 heteroatoms. The van der Waals surface area contributed by atoms with Crippen molar-refractivity contribution in [2.45, 2.75) is 25.7 Å². The van der Waals surface area contributed by atoms with E-state index in [0.717, 1.165) is 17.2 Å². The Labute approximate surface area is 135 Å². The van der Waals surface area contributed by atoms with Crippen molar-refractivity contribution in [3.63, 3.8) is 0 Å². The van der Waals surface area contributed by atoms with Gasteiger partial charge in [-0.05, 0) is 85.8 Å². The van der Waals surface area contributed by atoms with Gasteiger partial charge in [0.1, 0.15) is 5.82 Å². The van der Waals surface area contributed by atoms with E-state index >= 15 is 0 Å². The average Bonchev–Trinajstić information content (AvgIpc) is 2.90. The van der Waals surface area contributed by atoms with Gasteiger partial charge in [-0.2, -0.15) is 0 Å². The van der Waals surface area contributed by atoms with Crippen LogP contribution in [0.2, 0.25) is 0 Å². The van der Waals surface area contributed by atoms with Gasteiger partial charge in [-0.1, -0.05) is 6.07 Å². The third-order valence-electron chi connectivity index (χ3n) is 5.29. The standard InChI is InChI=1S/C19H22FNS/c1-21(2)10-16-12-3-5-13(6-4-12)19(16)17-11-22-18-9-14(20)7-8-15(17)18/h7-9,11-13H,3-6,10H2,1-2H3. The van der Waals surface area contributed by atoms with Crippen molar-refractivity contribution in [3.05, 3.63) is 40.5 Å². The molecule has 0 unspecified atom stereocenters. The first-order chi connectivity index (χ1) is 10.6. The van der Waals surface area contributed by atoms with Crippen LogP contribution in [0.25, 0.3) is 15.7 Å². The fourth-order valence-electron chi connectivity index (χ4n) is 4.37. The molecule has 3 aliphatic carbocycles. The molecule has 0 radical (unpaired) electrons. The lowest BCUT2D eigenvalue weighted by Crippen LogP contribution is -2.31. The predicted molar refractivity (Wildman–Crippen MR) is 92.7 cm³/mol. The summed E-state index contributed by atoms with van der Waals surface area (Å²) in [6.07, 6.45) is 5.37. The van der Waals surface area contributed by atoms with Gasteiger partial charge in [-0.15, -0.1) is 11.3 Å². The maximum Gasteiger partial charge on any atom is 0.124 e. The van der Waals surface area contributed by atoms with Gasteiger partial charge in [0.25, 0.3) is 0 Å². The number of hydrogen-bond donors (Lipinski definition) is 0. The summed E-state index contributed by atoms with van der Waals surface area (Å²) in [7, 11) is 4.32. The number of rotatable bonds is 3. The minimum Gasteiger partial charge on any atom is -0.305 e. The molecule has 0 atom stereocenters. The van der Waals surface area contributed by atoms with Gasteiger partial charge in [0, 0.05) is 16.6 Å². The summed E-state index contributed by atoms with van der Waals surface area (Å²) in [6, 6.07) is 5.25. The molecule has 0 amide bonds. The Bertz CT molecular complexity index is 735.